The van der Waals surface area contributed by atoms with Gasteiger partial charge in [0.15, 0.2) is 0 Å². The molecule has 2 N–H and O–H groups in total. The highest BCUT2D eigenvalue weighted by atomic mass is 32.1. The van der Waals surface area contributed by atoms with E-state index in [1.54, 1.807) is 0 Å². The summed E-state index contributed by atoms with van der Waals surface area (Å²) in [5, 5.41) is 19.6. The van der Waals surface area contributed by atoms with E-state index >= 15 is 0 Å². The first-order valence-electron chi connectivity index (χ1n) is 8.31. The summed E-state index contributed by atoms with van der Waals surface area (Å²) in [6.45, 7) is 5.44. The third kappa shape index (κ3) is 3.67. The molecule has 4 atom stereocenters. The van der Waals surface area contributed by atoms with Gasteiger partial charge in [0.25, 0.3) is 0 Å². The summed E-state index contributed by atoms with van der Waals surface area (Å²) >= 11 is 1.95. The van der Waals surface area contributed by atoms with Crippen LogP contribution >= 0.6 is 11.3 Å². The molecule has 1 aliphatic carbocycles. The zero-order valence-corrected chi connectivity index (χ0v) is 13.7. The molecule has 0 bridgehead atoms. The van der Waals surface area contributed by atoms with Gasteiger partial charge in [0.05, 0.1) is 12.2 Å². The molecule has 4 heteroatoms. The van der Waals surface area contributed by atoms with Crippen molar-refractivity contribution in [1.29, 1.82) is 0 Å². The van der Waals surface area contributed by atoms with Gasteiger partial charge in [-0.3, -0.25) is 4.90 Å². The molecule has 2 fully saturated rings. The Labute approximate surface area is 131 Å². The van der Waals surface area contributed by atoms with Gasteiger partial charge in [0.1, 0.15) is 0 Å². The monoisotopic (exact) mass is 309 g/mol. The number of unbranched alkanes of at least 4 members (excludes halogenated alkanes) is 1. The highest BCUT2D eigenvalue weighted by Crippen LogP contribution is 2.37. The van der Waals surface area contributed by atoms with Gasteiger partial charge >= 0.3 is 0 Å². The minimum absolute atomic E-state index is 0.506. The van der Waals surface area contributed by atoms with Crippen LogP contribution in [0.15, 0.2) is 12.1 Å². The van der Waals surface area contributed by atoms with Gasteiger partial charge in [-0.25, -0.2) is 0 Å². The highest BCUT2D eigenvalue weighted by Gasteiger charge is 2.40. The Morgan fingerprint density at radius 1 is 1.10 bits per heavy atom. The number of thiophene rings is 1. The smallest absolute Gasteiger partial charge is 0.0802 e. The predicted octanol–water partition coefficient (Wildman–Crippen LogP) is 2.65. The molecule has 1 aliphatic heterocycles. The first-order chi connectivity index (χ1) is 10.2. The summed E-state index contributed by atoms with van der Waals surface area (Å²) in [5.74, 6) is 1.14. The third-order valence-corrected chi connectivity index (χ3v) is 6.19. The molecule has 0 amide bonds. The molecule has 1 saturated carbocycles. The molecule has 0 spiro atoms. The number of nitrogens with zero attached hydrogens (tertiary/aromatic N) is 1. The number of hydrogen-bond donors (Lipinski definition) is 2. The van der Waals surface area contributed by atoms with Crippen molar-refractivity contribution in [2.75, 3.05) is 13.1 Å². The van der Waals surface area contributed by atoms with E-state index in [0.717, 1.165) is 32.5 Å². The summed E-state index contributed by atoms with van der Waals surface area (Å²) in [5.41, 5.74) is 0. The van der Waals surface area contributed by atoms with Crippen LogP contribution in [-0.4, -0.2) is 40.4 Å². The fourth-order valence-electron chi connectivity index (χ4n) is 3.85. The van der Waals surface area contributed by atoms with Gasteiger partial charge in [-0.05, 0) is 49.7 Å². The van der Waals surface area contributed by atoms with Crippen molar-refractivity contribution in [1.82, 2.24) is 4.90 Å². The minimum atomic E-state index is -0.506. The normalized spacial score (nSPS) is 33.3. The molecule has 3 rings (SSSR count). The minimum Gasteiger partial charge on any atom is -0.390 e. The molecule has 0 unspecified atom stereocenters. The summed E-state index contributed by atoms with van der Waals surface area (Å²) < 4.78 is 0. The zero-order valence-electron chi connectivity index (χ0n) is 12.9. The number of aliphatic hydroxyl groups is 2. The van der Waals surface area contributed by atoms with Crippen LogP contribution < -0.4 is 0 Å². The number of rotatable bonds is 5. The van der Waals surface area contributed by atoms with Crippen molar-refractivity contribution in [2.24, 2.45) is 11.8 Å². The standard InChI is InChI=1S/C17H27NO2S/c1-2-3-4-14-5-6-15(21-14)11-18-9-12-7-16(19)17(20)8-13(12)10-18/h5-6,12-13,16-17,19-20H,2-4,7-11H2,1H3/t12-,13+,16-,17-/m0/s1. The average molecular weight is 309 g/mol. The first kappa shape index (κ1) is 15.5. The van der Waals surface area contributed by atoms with Gasteiger partial charge in [-0.15, -0.1) is 11.3 Å². The lowest BCUT2D eigenvalue weighted by Crippen LogP contribution is -2.38. The lowest BCUT2D eigenvalue weighted by molar-refractivity contribution is -0.0372. The molecule has 1 saturated heterocycles. The summed E-state index contributed by atoms with van der Waals surface area (Å²) in [6, 6.07) is 4.56. The van der Waals surface area contributed by atoms with E-state index in [4.69, 9.17) is 0 Å². The second kappa shape index (κ2) is 6.78. The first-order valence-corrected chi connectivity index (χ1v) is 9.13. The molecule has 118 valence electrons. The fourth-order valence-corrected chi connectivity index (χ4v) is 4.95. The molecule has 0 radical (unpaired) electrons. The maximum atomic E-state index is 9.82. The predicted molar refractivity (Wildman–Crippen MR) is 86.4 cm³/mol. The lowest BCUT2D eigenvalue weighted by atomic mass is 9.79. The Bertz CT molecular complexity index is 443. The average Bonchev–Trinajstić information content (AvgIpc) is 3.04. The maximum absolute atomic E-state index is 9.82. The fraction of sp³-hybridized carbons (Fsp3) is 0.765. The van der Waals surface area contributed by atoms with Crippen LogP contribution in [0.1, 0.15) is 42.4 Å². The zero-order chi connectivity index (χ0) is 14.8. The SMILES string of the molecule is CCCCc1ccc(CN2C[C@H]3C[C@H](O)[C@@H](O)C[C@H]3C2)s1. The number of fused-ring (bicyclic) bond motifs is 1. The maximum Gasteiger partial charge on any atom is 0.0802 e. The molecule has 21 heavy (non-hydrogen) atoms. The van der Waals surface area contributed by atoms with Crippen LogP contribution in [0.3, 0.4) is 0 Å². The number of hydrogen-bond acceptors (Lipinski definition) is 4. The van der Waals surface area contributed by atoms with Gasteiger partial charge in [0.2, 0.25) is 0 Å². The van der Waals surface area contributed by atoms with E-state index in [1.807, 2.05) is 11.3 Å². The summed E-state index contributed by atoms with van der Waals surface area (Å²) in [4.78, 5) is 5.48. The van der Waals surface area contributed by atoms with Gasteiger partial charge in [-0.2, -0.15) is 0 Å². The second-order valence-corrected chi connectivity index (χ2v) is 8.04. The van der Waals surface area contributed by atoms with E-state index < -0.39 is 12.2 Å². The Kier molecular flexibility index (Phi) is 4.99. The Hall–Kier alpha value is -0.420. The molecule has 0 aromatic carbocycles. The van der Waals surface area contributed by atoms with Crippen LogP contribution in [0.5, 0.6) is 0 Å². The van der Waals surface area contributed by atoms with Crippen LogP contribution in [-0.2, 0) is 13.0 Å². The number of aryl methyl sites for hydroxylation is 1. The largest absolute Gasteiger partial charge is 0.390 e. The Morgan fingerprint density at radius 3 is 2.33 bits per heavy atom. The molecular formula is C17H27NO2S. The Morgan fingerprint density at radius 2 is 1.71 bits per heavy atom. The van der Waals surface area contributed by atoms with Crippen molar-refractivity contribution < 1.29 is 10.2 Å². The van der Waals surface area contributed by atoms with Crippen LogP contribution in [0, 0.1) is 11.8 Å². The van der Waals surface area contributed by atoms with Crippen molar-refractivity contribution in [2.45, 2.75) is 57.8 Å². The van der Waals surface area contributed by atoms with Crippen LogP contribution in [0.4, 0.5) is 0 Å². The number of aliphatic hydroxyl groups excluding tert-OH is 2. The summed E-state index contributed by atoms with van der Waals surface area (Å²) in [6.07, 6.45) is 4.28. The van der Waals surface area contributed by atoms with Gasteiger partial charge in [-0.1, -0.05) is 13.3 Å². The van der Waals surface area contributed by atoms with E-state index in [9.17, 15) is 10.2 Å². The molecule has 2 aliphatic rings. The van der Waals surface area contributed by atoms with Crippen LogP contribution in [0.2, 0.25) is 0 Å². The third-order valence-electron chi connectivity index (χ3n) is 5.06. The van der Waals surface area contributed by atoms with Gasteiger partial charge < -0.3 is 10.2 Å². The van der Waals surface area contributed by atoms with Crippen LogP contribution in [0.25, 0.3) is 0 Å². The quantitative estimate of drug-likeness (QED) is 0.879. The van der Waals surface area contributed by atoms with E-state index in [2.05, 4.69) is 24.0 Å². The van der Waals surface area contributed by atoms with Gasteiger partial charge in [0, 0.05) is 29.4 Å². The van der Waals surface area contributed by atoms with E-state index in [-0.39, 0.29) is 0 Å². The lowest BCUT2D eigenvalue weighted by Gasteiger charge is -2.32. The van der Waals surface area contributed by atoms with E-state index in [0.29, 0.717) is 11.8 Å². The van der Waals surface area contributed by atoms with Crippen molar-refractivity contribution >= 4 is 11.3 Å². The number of likely N-dealkylation sites (tertiary alicyclic amines) is 1. The molecule has 2 heterocycles. The molecule has 1 aromatic rings. The molecule has 1 aromatic heterocycles. The highest BCUT2D eigenvalue weighted by molar-refractivity contribution is 7.11. The van der Waals surface area contributed by atoms with Crippen molar-refractivity contribution in [3.63, 3.8) is 0 Å². The Balaban J connectivity index is 1.53. The molecular weight excluding hydrogens is 282 g/mol. The molecule has 3 nitrogen and oxygen atoms in total. The van der Waals surface area contributed by atoms with E-state index in [1.165, 1.54) is 29.0 Å². The topological polar surface area (TPSA) is 43.7 Å². The van der Waals surface area contributed by atoms with Crippen molar-refractivity contribution in [3.8, 4) is 0 Å². The summed E-state index contributed by atoms with van der Waals surface area (Å²) in [7, 11) is 0. The van der Waals surface area contributed by atoms with Crippen molar-refractivity contribution in [3.05, 3.63) is 21.9 Å². The second-order valence-electron chi connectivity index (χ2n) is 6.79.